The molecule has 0 aliphatic carbocycles. The van der Waals surface area contributed by atoms with Crippen LogP contribution in [0.5, 0.6) is 0 Å². The Morgan fingerprint density at radius 2 is 1.87 bits per heavy atom. The second-order valence-electron chi connectivity index (χ2n) is 6.43. The van der Waals surface area contributed by atoms with Crippen LogP contribution in [0.3, 0.4) is 0 Å². The molecular weight excluding hydrogens is 315 g/mol. The van der Waals surface area contributed by atoms with E-state index in [-0.39, 0.29) is 0 Å². The molecule has 0 bridgehead atoms. The Morgan fingerprint density at radius 1 is 1.30 bits per heavy atom. The molecule has 0 spiro atoms. The van der Waals surface area contributed by atoms with E-state index in [9.17, 15) is 9.36 Å². The minimum Gasteiger partial charge on any atom is -0.459 e. The van der Waals surface area contributed by atoms with Crippen LogP contribution in [0.15, 0.2) is 30.3 Å². The van der Waals surface area contributed by atoms with Gasteiger partial charge in [0.25, 0.3) is 7.52 Å². The van der Waals surface area contributed by atoms with Gasteiger partial charge in [-0.2, -0.15) is 0 Å². The third-order valence-corrected chi connectivity index (χ3v) is 5.40. The number of benzene rings is 1. The molecule has 0 aliphatic heterocycles. The fraction of sp³-hybridized carbons (Fsp3) is 0.562. The van der Waals surface area contributed by atoms with E-state index in [2.05, 4.69) is 5.09 Å². The fourth-order valence-corrected chi connectivity index (χ4v) is 3.26. The van der Waals surface area contributed by atoms with Gasteiger partial charge in [-0.15, -0.1) is 0 Å². The van der Waals surface area contributed by atoms with Crippen LogP contribution in [0.2, 0.25) is 0 Å². The van der Waals surface area contributed by atoms with Crippen molar-refractivity contribution in [1.29, 1.82) is 0 Å². The highest BCUT2D eigenvalue weighted by molar-refractivity contribution is 7.57. The molecule has 1 aromatic rings. The summed E-state index contributed by atoms with van der Waals surface area (Å²) in [6.07, 6.45) is 0.329. The summed E-state index contributed by atoms with van der Waals surface area (Å²) in [5, 5.41) is 2.78. The first kappa shape index (κ1) is 19.8. The van der Waals surface area contributed by atoms with Crippen LogP contribution in [0.1, 0.15) is 33.3 Å². The Morgan fingerprint density at radius 3 is 2.30 bits per heavy atom. The highest BCUT2D eigenvalue weighted by Gasteiger charge is 2.35. The Bertz CT molecular complexity index is 555. The van der Waals surface area contributed by atoms with Gasteiger partial charge in [-0.05, 0) is 39.7 Å². The van der Waals surface area contributed by atoms with Gasteiger partial charge in [0.05, 0.1) is 5.78 Å². The maximum absolute atomic E-state index is 12.7. The molecule has 7 heteroatoms. The molecule has 0 fully saturated rings. The zero-order valence-electron chi connectivity index (χ0n) is 14.4. The van der Waals surface area contributed by atoms with E-state index in [0.717, 1.165) is 5.56 Å². The molecule has 3 atom stereocenters. The summed E-state index contributed by atoms with van der Waals surface area (Å²) in [6.45, 7) is 6.93. The minimum absolute atomic E-state index is 0.329. The van der Waals surface area contributed by atoms with Crippen LogP contribution in [-0.2, 0) is 25.0 Å². The summed E-state index contributed by atoms with van der Waals surface area (Å²) >= 11 is 0. The zero-order chi connectivity index (χ0) is 17.7. The van der Waals surface area contributed by atoms with Gasteiger partial charge in [0.1, 0.15) is 11.6 Å². The monoisotopic (exact) mass is 342 g/mol. The largest absolute Gasteiger partial charge is 0.459 e. The Kier molecular flexibility index (Phi) is 6.96. The third-order valence-electron chi connectivity index (χ3n) is 3.12. The smallest absolute Gasteiger partial charge is 0.324 e. The van der Waals surface area contributed by atoms with Crippen LogP contribution >= 0.6 is 7.52 Å². The van der Waals surface area contributed by atoms with Gasteiger partial charge in [0.15, 0.2) is 0 Å². The first-order valence-corrected chi connectivity index (χ1v) is 9.22. The van der Waals surface area contributed by atoms with Crippen molar-refractivity contribution >= 4 is 13.5 Å². The lowest BCUT2D eigenvalue weighted by atomic mass is 10.1. The van der Waals surface area contributed by atoms with E-state index < -0.39 is 30.9 Å². The fourth-order valence-electron chi connectivity index (χ4n) is 1.96. The summed E-state index contributed by atoms with van der Waals surface area (Å²) in [5.41, 5.74) is 6.03. The first-order chi connectivity index (χ1) is 10.6. The number of carbonyl (C=O) groups is 1. The number of carbonyl (C=O) groups excluding carboxylic acids is 1. The highest BCUT2D eigenvalue weighted by atomic mass is 31.2. The topological polar surface area (TPSA) is 90.6 Å². The predicted octanol–water partition coefficient (Wildman–Crippen LogP) is 2.67. The lowest BCUT2D eigenvalue weighted by Crippen LogP contribution is -2.43. The molecule has 1 rings (SSSR count). The van der Waals surface area contributed by atoms with Crippen molar-refractivity contribution < 1.29 is 18.6 Å². The van der Waals surface area contributed by atoms with Crippen molar-refractivity contribution in [3.05, 3.63) is 35.9 Å². The molecule has 3 N–H and O–H groups in total. The number of hydrogen-bond donors (Lipinski definition) is 2. The van der Waals surface area contributed by atoms with Gasteiger partial charge < -0.3 is 15.0 Å². The molecule has 130 valence electrons. The average Bonchev–Trinajstić information content (AvgIpc) is 2.45. The lowest BCUT2D eigenvalue weighted by Gasteiger charge is -2.28. The summed E-state index contributed by atoms with van der Waals surface area (Å²) in [6, 6.07) is 8.62. The quantitative estimate of drug-likeness (QED) is 0.585. The minimum atomic E-state index is -3.36. The van der Waals surface area contributed by atoms with E-state index in [1.54, 1.807) is 27.7 Å². The van der Waals surface area contributed by atoms with Crippen LogP contribution in [0.25, 0.3) is 0 Å². The molecule has 0 saturated heterocycles. The number of rotatable bonds is 7. The molecule has 0 amide bonds. The molecule has 6 nitrogen and oxygen atoms in total. The van der Waals surface area contributed by atoms with Gasteiger partial charge >= 0.3 is 5.97 Å². The maximum Gasteiger partial charge on any atom is 0.324 e. The number of nitrogens with one attached hydrogen (secondary N) is 1. The standard InChI is InChI=1S/C16H27N2O4P/c1-12(17)23(20,21-5)18-14(15(19)22-16(2,3)4)11-13-9-7-6-8-10-13/h6-10,12,14H,11,17H2,1-5H3,(H,18,20)/t12-,14+,23?/m1/s1. The van der Waals surface area contributed by atoms with E-state index in [4.69, 9.17) is 15.0 Å². The Labute approximate surface area is 138 Å². The lowest BCUT2D eigenvalue weighted by molar-refractivity contribution is -0.157. The molecule has 0 radical (unpaired) electrons. The highest BCUT2D eigenvalue weighted by Crippen LogP contribution is 2.45. The summed E-state index contributed by atoms with van der Waals surface area (Å²) in [5.74, 6) is -1.23. The second-order valence-corrected chi connectivity index (χ2v) is 9.06. The van der Waals surface area contributed by atoms with Crippen molar-refractivity contribution in [2.24, 2.45) is 5.73 Å². The van der Waals surface area contributed by atoms with Gasteiger partial charge in [0, 0.05) is 7.11 Å². The Balaban J connectivity index is 3.01. The van der Waals surface area contributed by atoms with Crippen LogP contribution in [-0.4, -0.2) is 30.5 Å². The number of esters is 1. The van der Waals surface area contributed by atoms with Crippen molar-refractivity contribution in [1.82, 2.24) is 5.09 Å². The third kappa shape index (κ3) is 6.43. The SMILES string of the molecule is COP(=O)(N[C@@H](Cc1ccccc1)C(=O)OC(C)(C)C)[C@H](C)N. The van der Waals surface area contributed by atoms with Gasteiger partial charge in [0.2, 0.25) is 0 Å². The number of ether oxygens (including phenoxy) is 1. The van der Waals surface area contributed by atoms with Crippen LogP contribution < -0.4 is 10.8 Å². The Hall–Kier alpha value is -1.20. The molecular formula is C16H27N2O4P. The molecule has 0 saturated carbocycles. The number of nitrogens with two attached hydrogens (primary N) is 1. The average molecular weight is 342 g/mol. The molecule has 1 aromatic carbocycles. The normalized spacial score (nSPS) is 17.1. The van der Waals surface area contributed by atoms with E-state index >= 15 is 0 Å². The second kappa shape index (κ2) is 8.06. The molecule has 1 unspecified atom stereocenters. The molecule has 0 aliphatic rings. The van der Waals surface area contributed by atoms with Crippen molar-refractivity contribution in [2.75, 3.05) is 7.11 Å². The first-order valence-electron chi connectivity index (χ1n) is 7.53. The van der Waals surface area contributed by atoms with E-state index in [1.807, 2.05) is 30.3 Å². The van der Waals surface area contributed by atoms with Gasteiger partial charge in [-0.1, -0.05) is 30.3 Å². The van der Waals surface area contributed by atoms with Crippen LogP contribution in [0, 0.1) is 0 Å². The molecule has 0 aromatic heterocycles. The summed E-state index contributed by atoms with van der Waals surface area (Å²) < 4.78 is 23.2. The molecule has 0 heterocycles. The van der Waals surface area contributed by atoms with E-state index in [0.29, 0.717) is 6.42 Å². The van der Waals surface area contributed by atoms with Crippen molar-refractivity contribution in [3.63, 3.8) is 0 Å². The summed E-state index contributed by atoms with van der Waals surface area (Å²) in [7, 11) is -2.05. The maximum atomic E-state index is 12.7. The summed E-state index contributed by atoms with van der Waals surface area (Å²) in [4.78, 5) is 12.5. The van der Waals surface area contributed by atoms with Gasteiger partial charge in [-0.25, -0.2) is 5.09 Å². The predicted molar refractivity (Wildman–Crippen MR) is 91.2 cm³/mol. The number of hydrogen-bond acceptors (Lipinski definition) is 5. The van der Waals surface area contributed by atoms with Crippen LogP contribution in [0.4, 0.5) is 0 Å². The van der Waals surface area contributed by atoms with Crippen molar-refractivity contribution in [3.8, 4) is 0 Å². The molecule has 23 heavy (non-hydrogen) atoms. The van der Waals surface area contributed by atoms with Crippen molar-refractivity contribution in [2.45, 2.75) is 51.5 Å². The van der Waals surface area contributed by atoms with Gasteiger partial charge in [-0.3, -0.25) is 9.36 Å². The zero-order valence-corrected chi connectivity index (χ0v) is 15.3. The van der Waals surface area contributed by atoms with E-state index in [1.165, 1.54) is 7.11 Å².